The molecule has 2 rings (SSSR count). The number of aromatic nitrogens is 1. The number of nitro groups is 1. The SMILES string of the molecule is O=[N+]([O-])c1cc(Br)cnc1NCC1COCCO1. The van der Waals surface area contributed by atoms with Gasteiger partial charge in [0.05, 0.1) is 30.8 Å². The molecule has 0 aromatic carbocycles. The number of anilines is 1. The predicted molar refractivity (Wildman–Crippen MR) is 67.6 cm³/mol. The van der Waals surface area contributed by atoms with Gasteiger partial charge in [0.15, 0.2) is 0 Å². The normalized spacial score (nSPS) is 19.5. The number of halogens is 1. The van der Waals surface area contributed by atoms with Gasteiger partial charge in [-0.15, -0.1) is 0 Å². The maximum absolute atomic E-state index is 10.9. The third kappa shape index (κ3) is 3.37. The van der Waals surface area contributed by atoms with Crippen LogP contribution in [0.25, 0.3) is 0 Å². The van der Waals surface area contributed by atoms with Gasteiger partial charge in [-0.05, 0) is 15.9 Å². The van der Waals surface area contributed by atoms with E-state index < -0.39 is 4.92 Å². The highest BCUT2D eigenvalue weighted by atomic mass is 79.9. The lowest BCUT2D eigenvalue weighted by Crippen LogP contribution is -2.34. The van der Waals surface area contributed by atoms with E-state index in [0.29, 0.717) is 30.8 Å². The first-order valence-corrected chi connectivity index (χ1v) is 6.19. The van der Waals surface area contributed by atoms with E-state index in [1.165, 1.54) is 12.3 Å². The van der Waals surface area contributed by atoms with Crippen LogP contribution >= 0.6 is 15.9 Å². The largest absolute Gasteiger partial charge is 0.376 e. The molecule has 1 fully saturated rings. The summed E-state index contributed by atoms with van der Waals surface area (Å²) in [5.41, 5.74) is -0.0684. The van der Waals surface area contributed by atoms with Crippen molar-refractivity contribution in [2.45, 2.75) is 6.10 Å². The van der Waals surface area contributed by atoms with Crippen molar-refractivity contribution >= 4 is 27.4 Å². The molecule has 18 heavy (non-hydrogen) atoms. The molecular weight excluding hydrogens is 306 g/mol. The molecule has 98 valence electrons. The van der Waals surface area contributed by atoms with Crippen LogP contribution in [0, 0.1) is 10.1 Å². The van der Waals surface area contributed by atoms with E-state index in [2.05, 4.69) is 26.2 Å². The quantitative estimate of drug-likeness (QED) is 0.670. The lowest BCUT2D eigenvalue weighted by atomic mass is 10.3. The Kier molecular flexibility index (Phi) is 4.45. The van der Waals surface area contributed by atoms with Crippen LogP contribution in [0.4, 0.5) is 11.5 Å². The summed E-state index contributed by atoms with van der Waals surface area (Å²) in [4.78, 5) is 14.4. The first-order chi connectivity index (χ1) is 8.66. The molecule has 1 aromatic heterocycles. The lowest BCUT2D eigenvalue weighted by molar-refractivity contribution is -0.384. The first-order valence-electron chi connectivity index (χ1n) is 5.40. The van der Waals surface area contributed by atoms with Gasteiger partial charge in [-0.1, -0.05) is 0 Å². The average Bonchev–Trinajstić information content (AvgIpc) is 2.38. The van der Waals surface area contributed by atoms with E-state index in [1.807, 2.05) is 0 Å². The minimum absolute atomic E-state index is 0.0684. The molecule has 1 N–H and O–H groups in total. The zero-order chi connectivity index (χ0) is 13.0. The van der Waals surface area contributed by atoms with Crippen molar-refractivity contribution in [2.75, 3.05) is 31.7 Å². The van der Waals surface area contributed by atoms with Crippen molar-refractivity contribution in [2.24, 2.45) is 0 Å². The molecule has 0 aliphatic carbocycles. The fourth-order valence-corrected chi connectivity index (χ4v) is 1.89. The van der Waals surface area contributed by atoms with Gasteiger partial charge in [0.1, 0.15) is 0 Å². The van der Waals surface area contributed by atoms with E-state index in [9.17, 15) is 10.1 Å². The van der Waals surface area contributed by atoms with Crippen LogP contribution in [0.1, 0.15) is 0 Å². The van der Waals surface area contributed by atoms with Gasteiger partial charge in [0.2, 0.25) is 5.82 Å². The van der Waals surface area contributed by atoms with Crippen LogP contribution in [0.15, 0.2) is 16.7 Å². The second-order valence-corrected chi connectivity index (χ2v) is 4.64. The molecule has 0 amide bonds. The molecule has 1 aliphatic heterocycles. The standard InChI is InChI=1S/C10H12BrN3O4/c11-7-3-9(14(15)16)10(12-4-7)13-5-8-6-17-1-2-18-8/h3-4,8H,1-2,5-6H2,(H,12,13). The highest BCUT2D eigenvalue weighted by Crippen LogP contribution is 2.25. The average molecular weight is 318 g/mol. The van der Waals surface area contributed by atoms with E-state index in [-0.39, 0.29) is 17.6 Å². The predicted octanol–water partition coefficient (Wildman–Crippen LogP) is 1.58. The zero-order valence-electron chi connectivity index (χ0n) is 9.47. The molecule has 0 bridgehead atoms. The van der Waals surface area contributed by atoms with Crippen molar-refractivity contribution < 1.29 is 14.4 Å². The van der Waals surface area contributed by atoms with Crippen molar-refractivity contribution in [1.29, 1.82) is 0 Å². The molecule has 1 aromatic rings. The minimum atomic E-state index is -0.474. The molecule has 1 saturated heterocycles. The van der Waals surface area contributed by atoms with Crippen LogP contribution < -0.4 is 5.32 Å². The molecular formula is C10H12BrN3O4. The number of hydrogen-bond acceptors (Lipinski definition) is 6. The maximum atomic E-state index is 10.9. The van der Waals surface area contributed by atoms with E-state index in [0.717, 1.165) is 0 Å². The Balaban J connectivity index is 2.01. The summed E-state index contributed by atoms with van der Waals surface area (Å²) >= 11 is 3.15. The fraction of sp³-hybridized carbons (Fsp3) is 0.500. The Morgan fingerprint density at radius 2 is 2.44 bits per heavy atom. The minimum Gasteiger partial charge on any atom is -0.376 e. The lowest BCUT2D eigenvalue weighted by Gasteiger charge is -2.23. The number of pyridine rings is 1. The molecule has 0 spiro atoms. The number of nitrogens with one attached hydrogen (secondary N) is 1. The van der Waals surface area contributed by atoms with Crippen LogP contribution in [0.2, 0.25) is 0 Å². The summed E-state index contributed by atoms with van der Waals surface area (Å²) in [6.07, 6.45) is 1.40. The summed E-state index contributed by atoms with van der Waals surface area (Å²) < 4.78 is 11.2. The van der Waals surface area contributed by atoms with Crippen molar-refractivity contribution in [3.05, 3.63) is 26.9 Å². The summed E-state index contributed by atoms with van der Waals surface area (Å²) in [6, 6.07) is 1.41. The first kappa shape index (κ1) is 13.2. The molecule has 0 radical (unpaired) electrons. The zero-order valence-corrected chi connectivity index (χ0v) is 11.1. The number of hydrogen-bond donors (Lipinski definition) is 1. The van der Waals surface area contributed by atoms with Crippen LogP contribution in [0.5, 0.6) is 0 Å². The van der Waals surface area contributed by atoms with Gasteiger partial charge in [-0.2, -0.15) is 0 Å². The summed E-state index contributed by atoms with van der Waals surface area (Å²) in [7, 11) is 0. The van der Waals surface area contributed by atoms with Gasteiger partial charge < -0.3 is 14.8 Å². The Morgan fingerprint density at radius 1 is 1.61 bits per heavy atom. The third-order valence-corrected chi connectivity index (χ3v) is 2.85. The fourth-order valence-electron chi connectivity index (χ4n) is 1.57. The monoisotopic (exact) mass is 317 g/mol. The number of rotatable bonds is 4. The van der Waals surface area contributed by atoms with Gasteiger partial charge in [0, 0.05) is 23.3 Å². The summed E-state index contributed by atoms with van der Waals surface area (Å²) in [5, 5.41) is 13.8. The molecule has 1 atom stereocenters. The van der Waals surface area contributed by atoms with Crippen LogP contribution in [-0.2, 0) is 9.47 Å². The van der Waals surface area contributed by atoms with Crippen LogP contribution in [-0.4, -0.2) is 42.4 Å². The van der Waals surface area contributed by atoms with E-state index >= 15 is 0 Å². The maximum Gasteiger partial charge on any atom is 0.312 e. The molecule has 7 nitrogen and oxygen atoms in total. The van der Waals surface area contributed by atoms with Gasteiger partial charge in [-0.3, -0.25) is 10.1 Å². The second-order valence-electron chi connectivity index (χ2n) is 3.73. The van der Waals surface area contributed by atoms with Gasteiger partial charge >= 0.3 is 5.69 Å². The van der Waals surface area contributed by atoms with Crippen molar-refractivity contribution in [1.82, 2.24) is 4.98 Å². The topological polar surface area (TPSA) is 86.5 Å². The highest BCUT2D eigenvalue weighted by Gasteiger charge is 2.19. The van der Waals surface area contributed by atoms with Gasteiger partial charge in [-0.25, -0.2) is 4.98 Å². The molecule has 8 heteroatoms. The van der Waals surface area contributed by atoms with Crippen molar-refractivity contribution in [3.63, 3.8) is 0 Å². The molecule has 1 unspecified atom stereocenters. The Hall–Kier alpha value is -1.25. The van der Waals surface area contributed by atoms with Crippen LogP contribution in [0.3, 0.4) is 0 Å². The Morgan fingerprint density at radius 3 is 3.11 bits per heavy atom. The van der Waals surface area contributed by atoms with Crippen molar-refractivity contribution in [3.8, 4) is 0 Å². The molecule has 2 heterocycles. The second kappa shape index (κ2) is 6.07. The van der Waals surface area contributed by atoms with E-state index in [1.54, 1.807) is 0 Å². The molecule has 1 aliphatic rings. The summed E-state index contributed by atoms with van der Waals surface area (Å²) in [5.74, 6) is 0.234. The Labute approximate surface area is 112 Å². The van der Waals surface area contributed by atoms with Gasteiger partial charge in [0.25, 0.3) is 0 Å². The van der Waals surface area contributed by atoms with E-state index in [4.69, 9.17) is 9.47 Å². The number of ether oxygens (including phenoxy) is 2. The smallest absolute Gasteiger partial charge is 0.312 e. The summed E-state index contributed by atoms with van der Waals surface area (Å²) in [6.45, 7) is 2.04. The Bertz CT molecular complexity index is 437. The highest BCUT2D eigenvalue weighted by molar-refractivity contribution is 9.10. The molecule has 0 saturated carbocycles. The number of nitrogens with zero attached hydrogens (tertiary/aromatic N) is 2. The third-order valence-electron chi connectivity index (χ3n) is 2.41.